The zero-order valence-corrected chi connectivity index (χ0v) is 9.52. The summed E-state index contributed by atoms with van der Waals surface area (Å²) >= 11 is 5.90. The van der Waals surface area contributed by atoms with Gasteiger partial charge in [-0.25, -0.2) is 9.97 Å². The van der Waals surface area contributed by atoms with Gasteiger partial charge in [-0.05, 0) is 25.2 Å². The van der Waals surface area contributed by atoms with Crippen molar-refractivity contribution >= 4 is 23.7 Å². The molecule has 0 N–H and O–H groups in total. The summed E-state index contributed by atoms with van der Waals surface area (Å²) in [6.45, 7) is 0.999. The van der Waals surface area contributed by atoms with Crippen LogP contribution in [-0.4, -0.2) is 28.8 Å². The highest BCUT2D eigenvalue weighted by Gasteiger charge is 2.39. The number of carbonyl (C=O) groups is 1. The molecule has 1 aromatic rings. The molecule has 0 spiro atoms. The van der Waals surface area contributed by atoms with Crippen LogP contribution in [0.1, 0.15) is 29.6 Å². The molecule has 84 valence electrons. The van der Waals surface area contributed by atoms with Crippen LogP contribution in [0.15, 0.2) is 6.33 Å². The van der Waals surface area contributed by atoms with Crippen molar-refractivity contribution in [2.75, 3.05) is 11.4 Å². The van der Waals surface area contributed by atoms with E-state index in [9.17, 15) is 4.79 Å². The number of aldehydes is 1. The van der Waals surface area contributed by atoms with Crippen LogP contribution in [0.3, 0.4) is 0 Å². The standard InChI is InChI=1S/C11H12ClN3O/c12-10-9(5-16)11(14-6-13-10)15-4-7-1-2-8(15)3-7/h5-8H,1-4H2. The third-order valence-electron chi connectivity index (χ3n) is 3.61. The fourth-order valence-corrected chi connectivity index (χ4v) is 3.05. The first-order valence-corrected chi connectivity index (χ1v) is 5.89. The van der Waals surface area contributed by atoms with Crippen LogP contribution in [0.25, 0.3) is 0 Å². The molecule has 2 heterocycles. The highest BCUT2D eigenvalue weighted by molar-refractivity contribution is 6.32. The molecular weight excluding hydrogens is 226 g/mol. The van der Waals surface area contributed by atoms with Crippen LogP contribution < -0.4 is 4.90 Å². The first-order valence-electron chi connectivity index (χ1n) is 5.52. The van der Waals surface area contributed by atoms with Gasteiger partial charge >= 0.3 is 0 Å². The molecule has 1 saturated heterocycles. The summed E-state index contributed by atoms with van der Waals surface area (Å²) in [5.41, 5.74) is 0.428. The third-order valence-corrected chi connectivity index (χ3v) is 3.91. The highest BCUT2D eigenvalue weighted by atomic mass is 35.5. The molecule has 5 heteroatoms. The summed E-state index contributed by atoms with van der Waals surface area (Å²) in [4.78, 5) is 21.3. The second-order valence-electron chi connectivity index (χ2n) is 4.50. The van der Waals surface area contributed by atoms with Crippen molar-refractivity contribution in [3.8, 4) is 0 Å². The number of nitrogens with zero attached hydrogens (tertiary/aromatic N) is 3. The molecule has 16 heavy (non-hydrogen) atoms. The molecule has 0 amide bonds. The molecular formula is C11H12ClN3O. The summed E-state index contributed by atoms with van der Waals surface area (Å²) in [5.74, 6) is 1.47. The molecule has 2 unspecified atom stereocenters. The molecule has 4 nitrogen and oxygen atoms in total. The van der Waals surface area contributed by atoms with Gasteiger partial charge in [0, 0.05) is 12.6 Å². The van der Waals surface area contributed by atoms with Crippen molar-refractivity contribution in [1.29, 1.82) is 0 Å². The number of piperidine rings is 1. The number of aromatic nitrogens is 2. The van der Waals surface area contributed by atoms with E-state index < -0.39 is 0 Å². The van der Waals surface area contributed by atoms with Crippen molar-refractivity contribution in [3.05, 3.63) is 17.0 Å². The van der Waals surface area contributed by atoms with Gasteiger partial charge in [0.25, 0.3) is 0 Å². The largest absolute Gasteiger partial charge is 0.353 e. The fourth-order valence-electron chi connectivity index (χ4n) is 2.88. The summed E-state index contributed by atoms with van der Waals surface area (Å²) in [6.07, 6.45) is 5.90. The van der Waals surface area contributed by atoms with Crippen LogP contribution in [0.5, 0.6) is 0 Å². The molecule has 0 aromatic carbocycles. The summed E-state index contributed by atoms with van der Waals surface area (Å²) in [7, 11) is 0. The van der Waals surface area contributed by atoms with Crippen molar-refractivity contribution in [3.63, 3.8) is 0 Å². The second-order valence-corrected chi connectivity index (χ2v) is 4.86. The molecule has 2 atom stereocenters. The minimum atomic E-state index is 0.253. The van der Waals surface area contributed by atoms with Crippen molar-refractivity contribution < 1.29 is 4.79 Å². The second kappa shape index (κ2) is 3.70. The Balaban J connectivity index is 2.00. The van der Waals surface area contributed by atoms with Gasteiger partial charge in [-0.15, -0.1) is 0 Å². The van der Waals surface area contributed by atoms with Gasteiger partial charge in [0.05, 0.1) is 5.56 Å². The Morgan fingerprint density at radius 3 is 2.94 bits per heavy atom. The lowest BCUT2D eigenvalue weighted by atomic mass is 10.1. The summed E-state index contributed by atoms with van der Waals surface area (Å²) in [5, 5.41) is 0.253. The Bertz CT molecular complexity index is 437. The molecule has 1 aliphatic carbocycles. The zero-order valence-electron chi connectivity index (χ0n) is 8.77. The van der Waals surface area contributed by atoms with Gasteiger partial charge in [-0.2, -0.15) is 0 Å². The Kier molecular flexibility index (Phi) is 2.32. The minimum Gasteiger partial charge on any atom is -0.353 e. The maximum absolute atomic E-state index is 11.0. The Labute approximate surface area is 98.6 Å². The molecule has 2 fully saturated rings. The average Bonchev–Trinajstić information content (AvgIpc) is 2.90. The van der Waals surface area contributed by atoms with E-state index in [1.807, 2.05) is 0 Å². The van der Waals surface area contributed by atoms with Crippen LogP contribution >= 0.6 is 11.6 Å². The van der Waals surface area contributed by atoms with Crippen molar-refractivity contribution in [2.45, 2.75) is 25.3 Å². The fraction of sp³-hybridized carbons (Fsp3) is 0.545. The van der Waals surface area contributed by atoms with Gasteiger partial charge in [0.2, 0.25) is 0 Å². The zero-order chi connectivity index (χ0) is 11.1. The number of hydrogen-bond acceptors (Lipinski definition) is 4. The Morgan fingerprint density at radius 1 is 1.44 bits per heavy atom. The smallest absolute Gasteiger partial charge is 0.156 e. The number of halogens is 1. The first kappa shape index (κ1) is 10.0. The van der Waals surface area contributed by atoms with Crippen molar-refractivity contribution in [2.24, 2.45) is 5.92 Å². The molecule has 2 bridgehead atoms. The molecule has 1 aromatic heterocycles. The predicted octanol–water partition coefficient (Wildman–Crippen LogP) is 1.93. The normalized spacial score (nSPS) is 27.4. The molecule has 3 rings (SSSR count). The van der Waals surface area contributed by atoms with E-state index in [4.69, 9.17) is 11.6 Å². The lowest BCUT2D eigenvalue weighted by Crippen LogP contribution is -2.33. The molecule has 0 radical (unpaired) electrons. The monoisotopic (exact) mass is 237 g/mol. The third kappa shape index (κ3) is 1.40. The van der Waals surface area contributed by atoms with Crippen molar-refractivity contribution in [1.82, 2.24) is 9.97 Å². The van der Waals surface area contributed by atoms with E-state index in [-0.39, 0.29) is 5.15 Å². The number of rotatable bonds is 2. The van der Waals surface area contributed by atoms with Crippen LogP contribution in [0.4, 0.5) is 5.82 Å². The number of fused-ring (bicyclic) bond motifs is 2. The van der Waals surface area contributed by atoms with Gasteiger partial charge in [0.15, 0.2) is 6.29 Å². The van der Waals surface area contributed by atoms with Crippen LogP contribution in [0, 0.1) is 5.92 Å². The number of carbonyl (C=O) groups excluding carboxylic acids is 1. The highest BCUT2D eigenvalue weighted by Crippen LogP contribution is 2.40. The number of hydrogen-bond donors (Lipinski definition) is 0. The van der Waals surface area contributed by atoms with E-state index in [2.05, 4.69) is 14.9 Å². The quantitative estimate of drug-likeness (QED) is 0.583. The van der Waals surface area contributed by atoms with E-state index in [1.54, 1.807) is 0 Å². The van der Waals surface area contributed by atoms with Gasteiger partial charge in [0.1, 0.15) is 17.3 Å². The molecule has 1 aliphatic heterocycles. The molecule has 2 aliphatic rings. The topological polar surface area (TPSA) is 46.1 Å². The lowest BCUT2D eigenvalue weighted by molar-refractivity contribution is 0.112. The first-order chi connectivity index (χ1) is 7.79. The Morgan fingerprint density at radius 2 is 2.31 bits per heavy atom. The number of anilines is 1. The van der Waals surface area contributed by atoms with E-state index in [0.717, 1.165) is 18.7 Å². The minimum absolute atomic E-state index is 0.253. The molecule has 1 saturated carbocycles. The Hall–Kier alpha value is -1.16. The SMILES string of the molecule is O=Cc1c(Cl)ncnc1N1CC2CCC1C2. The van der Waals surface area contributed by atoms with Gasteiger partial charge in [-0.1, -0.05) is 11.6 Å². The lowest BCUT2D eigenvalue weighted by Gasteiger charge is -2.28. The van der Waals surface area contributed by atoms with Crippen LogP contribution in [-0.2, 0) is 0 Å². The van der Waals surface area contributed by atoms with E-state index >= 15 is 0 Å². The summed E-state index contributed by atoms with van der Waals surface area (Å²) in [6, 6.07) is 0.537. The summed E-state index contributed by atoms with van der Waals surface area (Å²) < 4.78 is 0. The van der Waals surface area contributed by atoms with E-state index in [0.29, 0.717) is 17.4 Å². The van der Waals surface area contributed by atoms with Gasteiger partial charge in [-0.3, -0.25) is 4.79 Å². The van der Waals surface area contributed by atoms with Crippen LogP contribution in [0.2, 0.25) is 5.15 Å². The average molecular weight is 238 g/mol. The van der Waals surface area contributed by atoms with E-state index in [1.165, 1.54) is 25.6 Å². The predicted molar refractivity (Wildman–Crippen MR) is 60.9 cm³/mol. The maximum atomic E-state index is 11.0. The maximum Gasteiger partial charge on any atom is 0.156 e. The van der Waals surface area contributed by atoms with Gasteiger partial charge < -0.3 is 4.90 Å².